The molecule has 3 N–H and O–H groups in total. The molecule has 7 heteroatoms. The first kappa shape index (κ1) is 13.8. The number of carbonyl (C=O) groups is 1. The van der Waals surface area contributed by atoms with Gasteiger partial charge in [0.25, 0.3) is 5.91 Å². The Morgan fingerprint density at radius 2 is 2.26 bits per heavy atom. The van der Waals surface area contributed by atoms with Gasteiger partial charge in [0.1, 0.15) is 0 Å². The van der Waals surface area contributed by atoms with E-state index in [2.05, 4.69) is 31.6 Å². The van der Waals surface area contributed by atoms with E-state index in [1.807, 2.05) is 25.1 Å². The Kier molecular flexibility index (Phi) is 4.01. The van der Waals surface area contributed by atoms with Crippen LogP contribution in [-0.4, -0.2) is 17.0 Å². The van der Waals surface area contributed by atoms with E-state index >= 15 is 0 Å². The lowest BCUT2D eigenvalue weighted by molar-refractivity contribution is -0.115. The van der Waals surface area contributed by atoms with Crippen molar-refractivity contribution in [1.82, 2.24) is 5.32 Å². The van der Waals surface area contributed by atoms with Gasteiger partial charge >= 0.3 is 0 Å². The molecular weight excluding hydrogens is 332 g/mol. The Balaban J connectivity index is 2.23. The molecule has 2 rings (SSSR count). The van der Waals surface area contributed by atoms with Crippen molar-refractivity contribution in [3.8, 4) is 0 Å². The summed E-state index contributed by atoms with van der Waals surface area (Å²) in [5.41, 5.74) is 1.99. The van der Waals surface area contributed by atoms with Gasteiger partial charge in [-0.25, -0.2) is 0 Å². The Hall–Kier alpha value is -1.66. The van der Waals surface area contributed by atoms with Crippen molar-refractivity contribution in [2.45, 2.75) is 6.92 Å². The molecule has 1 aromatic rings. The Labute approximate surface area is 123 Å². The summed E-state index contributed by atoms with van der Waals surface area (Å²) in [6.45, 7) is 1.94. The molecule has 0 fully saturated rings. The summed E-state index contributed by atoms with van der Waals surface area (Å²) in [6, 6.07) is 5.70. The molecular formula is C12H10BrClN4O. The fraction of sp³-hybridized carbons (Fsp3) is 0.0833. The van der Waals surface area contributed by atoms with Crippen LogP contribution in [0, 0.1) is 12.3 Å². The lowest BCUT2D eigenvalue weighted by Crippen LogP contribution is -2.36. The van der Waals surface area contributed by atoms with Gasteiger partial charge in [0.05, 0.1) is 5.57 Å². The summed E-state index contributed by atoms with van der Waals surface area (Å²) in [5.74, 6) is -0.622. The van der Waals surface area contributed by atoms with Crippen LogP contribution in [0.25, 0.3) is 0 Å². The van der Waals surface area contributed by atoms with Gasteiger partial charge in [0.15, 0.2) is 5.84 Å². The van der Waals surface area contributed by atoms with E-state index in [0.717, 1.165) is 15.7 Å². The van der Waals surface area contributed by atoms with Gasteiger partial charge in [0.2, 0.25) is 5.29 Å². The maximum Gasteiger partial charge on any atom is 0.262 e. The first-order valence-electron chi connectivity index (χ1n) is 5.34. The zero-order valence-electron chi connectivity index (χ0n) is 9.92. The lowest BCUT2D eigenvalue weighted by Gasteiger charge is -2.13. The quantitative estimate of drug-likeness (QED) is 0.571. The molecule has 19 heavy (non-hydrogen) atoms. The molecule has 0 aromatic heterocycles. The third-order valence-electron chi connectivity index (χ3n) is 2.49. The highest BCUT2D eigenvalue weighted by Gasteiger charge is 2.21. The maximum atomic E-state index is 11.6. The summed E-state index contributed by atoms with van der Waals surface area (Å²) in [5, 5.41) is 12.8. The average Bonchev–Trinajstić information content (AvgIpc) is 2.30. The second-order valence-corrected chi connectivity index (χ2v) is 5.14. The summed E-state index contributed by atoms with van der Waals surface area (Å²) < 4.78 is 0.975. The number of aliphatic imine (C=N–C) groups is 1. The number of aryl methyl sites for hydroxylation is 1. The highest BCUT2D eigenvalue weighted by molar-refractivity contribution is 9.10. The van der Waals surface area contributed by atoms with Crippen LogP contribution in [-0.2, 0) is 4.79 Å². The number of anilines is 1. The average molecular weight is 342 g/mol. The molecule has 1 amide bonds. The zero-order valence-corrected chi connectivity index (χ0v) is 12.3. The van der Waals surface area contributed by atoms with E-state index in [0.29, 0.717) is 0 Å². The van der Waals surface area contributed by atoms with E-state index in [1.165, 1.54) is 6.20 Å². The number of rotatable bonds is 2. The lowest BCUT2D eigenvalue weighted by atomic mass is 10.2. The molecule has 0 atom stereocenters. The van der Waals surface area contributed by atoms with Crippen molar-refractivity contribution >= 4 is 50.3 Å². The molecule has 0 saturated carbocycles. The van der Waals surface area contributed by atoms with Gasteiger partial charge in [-0.05, 0) is 42.3 Å². The third-order valence-corrected chi connectivity index (χ3v) is 3.16. The number of amides is 1. The van der Waals surface area contributed by atoms with Gasteiger partial charge in [-0.2, -0.15) is 4.99 Å². The minimum atomic E-state index is -0.452. The first-order chi connectivity index (χ1) is 8.97. The number of hydrogen-bond donors (Lipinski definition) is 3. The van der Waals surface area contributed by atoms with Crippen LogP contribution < -0.4 is 10.6 Å². The topological polar surface area (TPSA) is 77.3 Å². The van der Waals surface area contributed by atoms with E-state index in [-0.39, 0.29) is 16.7 Å². The normalized spacial score (nSPS) is 17.2. The van der Waals surface area contributed by atoms with Gasteiger partial charge in [-0.3, -0.25) is 15.5 Å². The van der Waals surface area contributed by atoms with Gasteiger partial charge in [-0.1, -0.05) is 15.9 Å². The molecule has 0 saturated heterocycles. The number of nitrogens with zero attached hydrogens (tertiary/aromatic N) is 1. The van der Waals surface area contributed by atoms with Crippen molar-refractivity contribution in [3.63, 3.8) is 0 Å². The smallest absolute Gasteiger partial charge is 0.262 e. The summed E-state index contributed by atoms with van der Waals surface area (Å²) >= 11 is 8.93. The second kappa shape index (κ2) is 5.54. The SMILES string of the molecule is Cc1cc(Br)ccc1N/C=C1\C(=N)N=C(Cl)NC1=O. The fourth-order valence-corrected chi connectivity index (χ4v) is 2.17. The van der Waals surface area contributed by atoms with Gasteiger partial charge < -0.3 is 5.32 Å². The number of nitrogens with one attached hydrogen (secondary N) is 3. The first-order valence-corrected chi connectivity index (χ1v) is 6.52. The standard InChI is InChI=1S/C12H10BrClN4O/c1-6-4-7(13)2-3-9(6)16-5-8-10(15)17-12(14)18-11(8)19/h2-5,16H,1H3,(H2,15,17,18,19)/b8-5+. The molecule has 0 aliphatic carbocycles. The molecule has 1 aromatic carbocycles. The van der Waals surface area contributed by atoms with Crippen molar-refractivity contribution in [2.24, 2.45) is 4.99 Å². The van der Waals surface area contributed by atoms with Crippen LogP contribution in [0.1, 0.15) is 5.56 Å². The molecule has 1 heterocycles. The summed E-state index contributed by atoms with van der Waals surface area (Å²) in [6.07, 6.45) is 1.45. The summed E-state index contributed by atoms with van der Waals surface area (Å²) in [4.78, 5) is 15.3. The van der Waals surface area contributed by atoms with Crippen LogP contribution >= 0.6 is 27.5 Å². The second-order valence-electron chi connectivity index (χ2n) is 3.87. The zero-order chi connectivity index (χ0) is 14.0. The number of hydrogen-bond acceptors (Lipinski definition) is 3. The van der Waals surface area contributed by atoms with Crippen molar-refractivity contribution in [2.75, 3.05) is 5.32 Å². The number of carbonyl (C=O) groups excluding carboxylic acids is 1. The minimum Gasteiger partial charge on any atom is -0.361 e. The molecule has 1 aliphatic rings. The Morgan fingerprint density at radius 3 is 2.89 bits per heavy atom. The van der Waals surface area contributed by atoms with Gasteiger partial charge in [-0.15, -0.1) is 0 Å². The van der Waals surface area contributed by atoms with Crippen LogP contribution in [0.4, 0.5) is 5.69 Å². The van der Waals surface area contributed by atoms with Crippen molar-refractivity contribution in [1.29, 1.82) is 5.41 Å². The molecule has 1 aliphatic heterocycles. The number of benzene rings is 1. The molecule has 5 nitrogen and oxygen atoms in total. The highest BCUT2D eigenvalue weighted by atomic mass is 79.9. The third kappa shape index (κ3) is 3.21. The predicted octanol–water partition coefficient (Wildman–Crippen LogP) is 2.76. The monoisotopic (exact) mass is 340 g/mol. The predicted molar refractivity (Wildman–Crippen MR) is 79.7 cm³/mol. The molecule has 0 radical (unpaired) electrons. The van der Waals surface area contributed by atoms with Gasteiger partial charge in [0, 0.05) is 16.4 Å². The van der Waals surface area contributed by atoms with E-state index in [4.69, 9.17) is 17.0 Å². The summed E-state index contributed by atoms with van der Waals surface area (Å²) in [7, 11) is 0. The number of amidine groups is 2. The molecule has 0 unspecified atom stereocenters. The van der Waals surface area contributed by atoms with Crippen LogP contribution in [0.3, 0.4) is 0 Å². The maximum absolute atomic E-state index is 11.6. The van der Waals surface area contributed by atoms with Crippen molar-refractivity contribution in [3.05, 3.63) is 40.0 Å². The molecule has 0 spiro atoms. The highest BCUT2D eigenvalue weighted by Crippen LogP contribution is 2.20. The number of halogens is 2. The van der Waals surface area contributed by atoms with Crippen LogP contribution in [0.2, 0.25) is 0 Å². The largest absolute Gasteiger partial charge is 0.361 e. The molecule has 98 valence electrons. The van der Waals surface area contributed by atoms with E-state index in [9.17, 15) is 4.79 Å². The van der Waals surface area contributed by atoms with E-state index in [1.54, 1.807) is 0 Å². The Morgan fingerprint density at radius 1 is 1.53 bits per heavy atom. The molecule has 0 bridgehead atoms. The van der Waals surface area contributed by atoms with E-state index < -0.39 is 5.91 Å². The van der Waals surface area contributed by atoms with Crippen molar-refractivity contribution < 1.29 is 4.79 Å². The Bertz CT molecular complexity index is 624. The fourth-order valence-electron chi connectivity index (χ4n) is 1.53. The van der Waals surface area contributed by atoms with Crippen LogP contribution in [0.15, 0.2) is 39.4 Å². The van der Waals surface area contributed by atoms with Crippen LogP contribution in [0.5, 0.6) is 0 Å². The minimum absolute atomic E-state index is 0.0908.